The molecule has 1 N–H and O–H groups in total. The van der Waals surface area contributed by atoms with Crippen LogP contribution in [0.2, 0.25) is 0 Å². The zero-order chi connectivity index (χ0) is 11.7. The molecule has 1 aliphatic rings. The number of aromatic nitrogens is 4. The first-order valence-electron chi connectivity index (χ1n) is 5.86. The second-order valence-corrected chi connectivity index (χ2v) is 4.41. The smallest absolute Gasteiger partial charge is 0.228 e. The van der Waals surface area contributed by atoms with Crippen molar-refractivity contribution >= 4 is 0 Å². The van der Waals surface area contributed by atoms with Crippen molar-refractivity contribution in [3.8, 4) is 11.4 Å². The van der Waals surface area contributed by atoms with E-state index in [9.17, 15) is 0 Å². The molecule has 0 amide bonds. The minimum atomic E-state index is 0.484. The van der Waals surface area contributed by atoms with Crippen LogP contribution in [0.1, 0.15) is 18.7 Å². The summed E-state index contributed by atoms with van der Waals surface area (Å²) in [6.07, 6.45) is 6.84. The number of nitrogens with one attached hydrogen (secondary N) is 1. The lowest BCUT2D eigenvalue weighted by Crippen LogP contribution is -2.23. The van der Waals surface area contributed by atoms with E-state index in [1.54, 1.807) is 10.9 Å². The van der Waals surface area contributed by atoms with Gasteiger partial charge in [0.2, 0.25) is 11.7 Å². The SMILES string of the molecule is Cn1cc(-c2noc(CC3CCCN3)n2)cn1. The number of aryl methyl sites for hydroxylation is 1. The summed E-state index contributed by atoms with van der Waals surface area (Å²) in [5.41, 5.74) is 0.891. The molecule has 3 rings (SSSR count). The molecule has 1 fully saturated rings. The Balaban J connectivity index is 1.73. The predicted molar refractivity (Wildman–Crippen MR) is 61.2 cm³/mol. The van der Waals surface area contributed by atoms with Gasteiger partial charge in [0.05, 0.1) is 11.8 Å². The maximum atomic E-state index is 5.25. The van der Waals surface area contributed by atoms with Gasteiger partial charge in [0, 0.05) is 25.7 Å². The van der Waals surface area contributed by atoms with Crippen molar-refractivity contribution in [2.24, 2.45) is 7.05 Å². The average molecular weight is 233 g/mol. The van der Waals surface area contributed by atoms with E-state index in [1.165, 1.54) is 12.8 Å². The normalized spacial score (nSPS) is 19.9. The van der Waals surface area contributed by atoms with Crippen LogP contribution >= 0.6 is 0 Å². The van der Waals surface area contributed by atoms with Gasteiger partial charge in [0.25, 0.3) is 0 Å². The minimum absolute atomic E-state index is 0.484. The van der Waals surface area contributed by atoms with Crippen LogP contribution < -0.4 is 5.32 Å². The maximum absolute atomic E-state index is 5.25. The van der Waals surface area contributed by atoms with E-state index >= 15 is 0 Å². The molecule has 6 heteroatoms. The lowest BCUT2D eigenvalue weighted by atomic mass is 10.1. The highest BCUT2D eigenvalue weighted by Crippen LogP contribution is 2.16. The molecule has 1 saturated heterocycles. The van der Waals surface area contributed by atoms with Crippen molar-refractivity contribution in [3.63, 3.8) is 0 Å². The van der Waals surface area contributed by atoms with E-state index in [-0.39, 0.29) is 0 Å². The standard InChI is InChI=1S/C11H15N5O/c1-16-7-8(6-13-16)11-14-10(17-15-11)5-9-3-2-4-12-9/h6-7,9,12H,2-5H2,1H3. The Labute approximate surface area is 99.0 Å². The minimum Gasteiger partial charge on any atom is -0.339 e. The van der Waals surface area contributed by atoms with Crippen LogP contribution in [0.15, 0.2) is 16.9 Å². The predicted octanol–water partition coefficient (Wildman–Crippen LogP) is 0.765. The van der Waals surface area contributed by atoms with E-state index in [0.29, 0.717) is 17.8 Å². The molecule has 0 radical (unpaired) electrons. The first-order chi connectivity index (χ1) is 8.31. The van der Waals surface area contributed by atoms with Crippen LogP contribution in [0.3, 0.4) is 0 Å². The summed E-state index contributed by atoms with van der Waals surface area (Å²) in [6, 6.07) is 0.484. The second-order valence-electron chi connectivity index (χ2n) is 4.41. The Morgan fingerprint density at radius 2 is 2.53 bits per heavy atom. The molecule has 0 aromatic carbocycles. The first-order valence-corrected chi connectivity index (χ1v) is 5.86. The van der Waals surface area contributed by atoms with Crippen molar-refractivity contribution in [1.29, 1.82) is 0 Å². The third kappa shape index (κ3) is 2.21. The number of rotatable bonds is 3. The van der Waals surface area contributed by atoms with Gasteiger partial charge in [-0.15, -0.1) is 0 Å². The third-order valence-corrected chi connectivity index (χ3v) is 3.01. The van der Waals surface area contributed by atoms with Crippen LogP contribution in [-0.2, 0) is 13.5 Å². The van der Waals surface area contributed by atoms with E-state index in [0.717, 1.165) is 18.5 Å². The fraction of sp³-hybridized carbons (Fsp3) is 0.545. The average Bonchev–Trinajstić information content (AvgIpc) is 2.99. The quantitative estimate of drug-likeness (QED) is 0.847. The highest BCUT2D eigenvalue weighted by atomic mass is 16.5. The molecule has 0 saturated carbocycles. The Kier molecular flexibility index (Phi) is 2.64. The summed E-state index contributed by atoms with van der Waals surface area (Å²) in [7, 11) is 1.87. The van der Waals surface area contributed by atoms with Gasteiger partial charge in [0.1, 0.15) is 0 Å². The second kappa shape index (κ2) is 4.29. The van der Waals surface area contributed by atoms with Gasteiger partial charge in [-0.3, -0.25) is 4.68 Å². The topological polar surface area (TPSA) is 68.8 Å². The zero-order valence-electron chi connectivity index (χ0n) is 9.76. The fourth-order valence-corrected chi connectivity index (χ4v) is 2.13. The van der Waals surface area contributed by atoms with Gasteiger partial charge in [-0.2, -0.15) is 10.1 Å². The van der Waals surface area contributed by atoms with Gasteiger partial charge >= 0.3 is 0 Å². The van der Waals surface area contributed by atoms with Gasteiger partial charge in [-0.05, 0) is 19.4 Å². The largest absolute Gasteiger partial charge is 0.339 e. The molecule has 17 heavy (non-hydrogen) atoms. The Hall–Kier alpha value is -1.69. The molecule has 1 aliphatic heterocycles. The third-order valence-electron chi connectivity index (χ3n) is 3.01. The van der Waals surface area contributed by atoms with Crippen LogP contribution in [0.4, 0.5) is 0 Å². The first kappa shape index (κ1) is 10.5. The zero-order valence-corrected chi connectivity index (χ0v) is 9.76. The molecule has 0 spiro atoms. The molecule has 2 aromatic rings. The van der Waals surface area contributed by atoms with Crippen molar-refractivity contribution < 1.29 is 4.52 Å². The van der Waals surface area contributed by atoms with Crippen LogP contribution in [0.5, 0.6) is 0 Å². The summed E-state index contributed by atoms with van der Waals surface area (Å²) in [6.45, 7) is 1.09. The van der Waals surface area contributed by atoms with E-state index < -0.39 is 0 Å². The summed E-state index contributed by atoms with van der Waals surface area (Å²) in [4.78, 5) is 4.39. The Morgan fingerprint density at radius 3 is 3.24 bits per heavy atom. The molecule has 0 bridgehead atoms. The summed E-state index contributed by atoms with van der Waals surface area (Å²) >= 11 is 0. The maximum Gasteiger partial charge on any atom is 0.228 e. The molecular formula is C11H15N5O. The van der Waals surface area contributed by atoms with E-state index in [2.05, 4.69) is 20.6 Å². The lowest BCUT2D eigenvalue weighted by molar-refractivity contribution is 0.364. The fourth-order valence-electron chi connectivity index (χ4n) is 2.13. The van der Waals surface area contributed by atoms with Crippen LogP contribution in [-0.4, -0.2) is 32.5 Å². The highest BCUT2D eigenvalue weighted by Gasteiger charge is 2.18. The van der Waals surface area contributed by atoms with Crippen molar-refractivity contribution in [1.82, 2.24) is 25.2 Å². The highest BCUT2D eigenvalue weighted by molar-refractivity contribution is 5.50. The monoisotopic (exact) mass is 233 g/mol. The van der Waals surface area contributed by atoms with Crippen molar-refractivity contribution in [2.45, 2.75) is 25.3 Å². The van der Waals surface area contributed by atoms with Gasteiger partial charge in [0.15, 0.2) is 0 Å². The number of nitrogens with zero attached hydrogens (tertiary/aromatic N) is 4. The van der Waals surface area contributed by atoms with Crippen molar-refractivity contribution in [2.75, 3.05) is 6.54 Å². The summed E-state index contributed by atoms with van der Waals surface area (Å²) in [5.74, 6) is 1.31. The molecule has 1 atom stereocenters. The molecule has 2 aromatic heterocycles. The summed E-state index contributed by atoms with van der Waals surface area (Å²) < 4.78 is 6.98. The van der Waals surface area contributed by atoms with Gasteiger partial charge in [-0.1, -0.05) is 5.16 Å². The molecule has 90 valence electrons. The lowest BCUT2D eigenvalue weighted by Gasteiger charge is -2.04. The van der Waals surface area contributed by atoms with E-state index in [4.69, 9.17) is 4.52 Å². The molecule has 6 nitrogen and oxygen atoms in total. The van der Waals surface area contributed by atoms with E-state index in [1.807, 2.05) is 13.2 Å². The van der Waals surface area contributed by atoms with Crippen LogP contribution in [0, 0.1) is 0 Å². The van der Waals surface area contributed by atoms with Gasteiger partial charge in [-0.25, -0.2) is 0 Å². The Bertz CT molecular complexity index is 497. The number of hydrogen-bond acceptors (Lipinski definition) is 5. The summed E-state index contributed by atoms with van der Waals surface area (Å²) in [5, 5.41) is 11.5. The van der Waals surface area contributed by atoms with Crippen molar-refractivity contribution in [3.05, 3.63) is 18.3 Å². The number of hydrogen-bond donors (Lipinski definition) is 1. The molecular weight excluding hydrogens is 218 g/mol. The molecule has 3 heterocycles. The van der Waals surface area contributed by atoms with Crippen LogP contribution in [0.25, 0.3) is 11.4 Å². The Morgan fingerprint density at radius 1 is 1.59 bits per heavy atom. The molecule has 1 unspecified atom stereocenters. The van der Waals surface area contributed by atoms with Gasteiger partial charge < -0.3 is 9.84 Å². The molecule has 0 aliphatic carbocycles.